The van der Waals surface area contributed by atoms with Crippen molar-refractivity contribution in [1.82, 2.24) is 15.1 Å². The van der Waals surface area contributed by atoms with Crippen LogP contribution in [-0.4, -0.2) is 67.7 Å². The van der Waals surface area contributed by atoms with Crippen molar-refractivity contribution >= 4 is 11.9 Å². The molecule has 3 rings (SSSR count). The predicted octanol–water partition coefficient (Wildman–Crippen LogP) is 1.85. The summed E-state index contributed by atoms with van der Waals surface area (Å²) in [5, 5.41) is 3.20. The third-order valence-electron chi connectivity index (χ3n) is 5.60. The number of urea groups is 1. The van der Waals surface area contributed by atoms with Crippen LogP contribution in [0.1, 0.15) is 44.9 Å². The first-order valence-corrected chi connectivity index (χ1v) is 9.50. The Labute approximate surface area is 144 Å². The molecule has 2 saturated carbocycles. The molecule has 0 atom stereocenters. The zero-order valence-electron chi connectivity index (χ0n) is 14.8. The van der Waals surface area contributed by atoms with Crippen LogP contribution in [0.3, 0.4) is 0 Å². The second-order valence-electron chi connectivity index (χ2n) is 7.56. The standard InChI is InChI=1S/C18H31N3O3/c1-24-13-14-3-7-16(8-4-14)19-18(23)21-10-2-9-20(11-12-21)17(22)15-5-6-15/h14-16H,2-13H2,1H3,(H,19,23). The van der Waals surface area contributed by atoms with Gasteiger partial charge in [0.25, 0.3) is 0 Å². The first-order valence-electron chi connectivity index (χ1n) is 9.50. The molecule has 1 N–H and O–H groups in total. The Bertz CT molecular complexity index is 445. The van der Waals surface area contributed by atoms with E-state index in [0.717, 1.165) is 64.6 Å². The molecule has 0 radical (unpaired) electrons. The van der Waals surface area contributed by atoms with E-state index in [1.165, 1.54) is 0 Å². The summed E-state index contributed by atoms with van der Waals surface area (Å²) >= 11 is 0. The highest BCUT2D eigenvalue weighted by molar-refractivity contribution is 5.81. The van der Waals surface area contributed by atoms with Gasteiger partial charge in [-0.05, 0) is 50.9 Å². The summed E-state index contributed by atoms with van der Waals surface area (Å²) in [4.78, 5) is 28.6. The van der Waals surface area contributed by atoms with Gasteiger partial charge in [-0.25, -0.2) is 4.79 Å². The molecule has 1 heterocycles. The summed E-state index contributed by atoms with van der Waals surface area (Å²) in [7, 11) is 1.75. The SMILES string of the molecule is COCC1CCC(NC(=O)N2CCCN(C(=O)C3CC3)CC2)CC1. The van der Waals surface area contributed by atoms with Crippen LogP contribution >= 0.6 is 0 Å². The maximum absolute atomic E-state index is 12.5. The summed E-state index contributed by atoms with van der Waals surface area (Å²) in [6.07, 6.45) is 7.31. The molecule has 136 valence electrons. The van der Waals surface area contributed by atoms with E-state index >= 15 is 0 Å². The molecule has 3 fully saturated rings. The van der Waals surface area contributed by atoms with E-state index in [0.29, 0.717) is 24.9 Å². The molecule has 1 aliphatic heterocycles. The fourth-order valence-electron chi connectivity index (χ4n) is 3.90. The van der Waals surface area contributed by atoms with Gasteiger partial charge in [0.15, 0.2) is 0 Å². The monoisotopic (exact) mass is 337 g/mol. The number of methoxy groups -OCH3 is 1. The third kappa shape index (κ3) is 4.62. The number of amides is 3. The van der Waals surface area contributed by atoms with E-state index in [9.17, 15) is 9.59 Å². The molecule has 0 aromatic rings. The normalized spacial score (nSPS) is 28.4. The smallest absolute Gasteiger partial charge is 0.317 e. The maximum Gasteiger partial charge on any atom is 0.317 e. The number of ether oxygens (including phenoxy) is 1. The zero-order valence-corrected chi connectivity index (χ0v) is 14.8. The number of hydrogen-bond donors (Lipinski definition) is 1. The molecule has 0 bridgehead atoms. The Hall–Kier alpha value is -1.30. The Morgan fingerprint density at radius 1 is 0.958 bits per heavy atom. The summed E-state index contributed by atoms with van der Waals surface area (Å²) in [6, 6.07) is 0.337. The quantitative estimate of drug-likeness (QED) is 0.851. The molecule has 0 unspecified atom stereocenters. The minimum absolute atomic E-state index is 0.0471. The molecule has 2 aliphatic carbocycles. The van der Waals surface area contributed by atoms with Crippen molar-refractivity contribution < 1.29 is 14.3 Å². The lowest BCUT2D eigenvalue weighted by Gasteiger charge is -2.31. The van der Waals surface area contributed by atoms with Crippen LogP contribution < -0.4 is 5.32 Å². The van der Waals surface area contributed by atoms with Gasteiger partial charge in [0.05, 0.1) is 0 Å². The van der Waals surface area contributed by atoms with Crippen molar-refractivity contribution in [2.24, 2.45) is 11.8 Å². The first kappa shape index (κ1) is 17.5. The topological polar surface area (TPSA) is 61.9 Å². The van der Waals surface area contributed by atoms with Gasteiger partial charge in [-0.15, -0.1) is 0 Å². The van der Waals surface area contributed by atoms with Crippen molar-refractivity contribution in [3.63, 3.8) is 0 Å². The number of hydrogen-bond acceptors (Lipinski definition) is 3. The molecule has 6 heteroatoms. The summed E-state index contributed by atoms with van der Waals surface area (Å²) in [5.74, 6) is 1.21. The number of nitrogens with one attached hydrogen (secondary N) is 1. The highest BCUT2D eigenvalue weighted by Crippen LogP contribution is 2.31. The molecule has 3 amide bonds. The number of carbonyl (C=O) groups is 2. The lowest BCUT2D eigenvalue weighted by atomic mass is 9.86. The van der Waals surface area contributed by atoms with Crippen molar-refractivity contribution in [3.05, 3.63) is 0 Å². The average molecular weight is 337 g/mol. The highest BCUT2D eigenvalue weighted by Gasteiger charge is 2.34. The number of nitrogens with zero attached hydrogens (tertiary/aromatic N) is 2. The Morgan fingerprint density at radius 3 is 2.29 bits per heavy atom. The summed E-state index contributed by atoms with van der Waals surface area (Å²) < 4.78 is 5.23. The van der Waals surface area contributed by atoms with Crippen molar-refractivity contribution in [2.75, 3.05) is 39.9 Å². The van der Waals surface area contributed by atoms with Crippen LogP contribution in [0.5, 0.6) is 0 Å². The van der Waals surface area contributed by atoms with Crippen LogP contribution in [0, 0.1) is 11.8 Å². The predicted molar refractivity (Wildman–Crippen MR) is 91.6 cm³/mol. The van der Waals surface area contributed by atoms with E-state index in [1.54, 1.807) is 7.11 Å². The molecule has 24 heavy (non-hydrogen) atoms. The van der Waals surface area contributed by atoms with E-state index in [-0.39, 0.29) is 18.0 Å². The van der Waals surface area contributed by atoms with Crippen LogP contribution in [0.4, 0.5) is 4.79 Å². The van der Waals surface area contributed by atoms with Gasteiger partial charge >= 0.3 is 6.03 Å². The van der Waals surface area contributed by atoms with E-state index < -0.39 is 0 Å². The van der Waals surface area contributed by atoms with Gasteiger partial charge < -0.3 is 19.9 Å². The van der Waals surface area contributed by atoms with Crippen LogP contribution in [0.2, 0.25) is 0 Å². The summed E-state index contributed by atoms with van der Waals surface area (Å²) in [5.41, 5.74) is 0. The van der Waals surface area contributed by atoms with Gasteiger partial charge in [-0.2, -0.15) is 0 Å². The lowest BCUT2D eigenvalue weighted by Crippen LogP contribution is -2.47. The molecule has 0 spiro atoms. The molecular weight excluding hydrogens is 306 g/mol. The van der Waals surface area contributed by atoms with Gasteiger partial charge in [-0.3, -0.25) is 4.79 Å². The molecular formula is C18H31N3O3. The van der Waals surface area contributed by atoms with Gasteiger partial charge in [-0.1, -0.05) is 0 Å². The minimum Gasteiger partial charge on any atom is -0.384 e. The van der Waals surface area contributed by atoms with Crippen molar-refractivity contribution in [2.45, 2.75) is 51.0 Å². The number of rotatable bonds is 4. The average Bonchev–Trinajstić information content (AvgIpc) is 3.43. The maximum atomic E-state index is 12.5. The second-order valence-corrected chi connectivity index (χ2v) is 7.56. The Morgan fingerprint density at radius 2 is 1.62 bits per heavy atom. The molecule has 0 aromatic carbocycles. The Kier molecular flexibility index (Phi) is 5.98. The third-order valence-corrected chi connectivity index (χ3v) is 5.60. The van der Waals surface area contributed by atoms with Crippen LogP contribution in [0.25, 0.3) is 0 Å². The van der Waals surface area contributed by atoms with Gasteiger partial charge in [0.1, 0.15) is 0 Å². The highest BCUT2D eigenvalue weighted by atomic mass is 16.5. The van der Waals surface area contributed by atoms with Gasteiger partial charge in [0.2, 0.25) is 5.91 Å². The molecule has 6 nitrogen and oxygen atoms in total. The largest absolute Gasteiger partial charge is 0.384 e. The zero-order chi connectivity index (χ0) is 16.9. The van der Waals surface area contributed by atoms with E-state index in [1.807, 2.05) is 9.80 Å². The number of carbonyl (C=O) groups excluding carboxylic acids is 2. The first-order chi connectivity index (χ1) is 11.7. The van der Waals surface area contributed by atoms with Crippen LogP contribution in [-0.2, 0) is 9.53 Å². The molecule has 0 aromatic heterocycles. The van der Waals surface area contributed by atoms with Crippen molar-refractivity contribution in [1.29, 1.82) is 0 Å². The minimum atomic E-state index is 0.0471. The van der Waals surface area contributed by atoms with Crippen molar-refractivity contribution in [3.8, 4) is 0 Å². The molecule has 3 aliphatic rings. The Balaban J connectivity index is 1.41. The second kappa shape index (κ2) is 8.19. The fraction of sp³-hybridized carbons (Fsp3) is 0.889. The van der Waals surface area contributed by atoms with Crippen LogP contribution in [0.15, 0.2) is 0 Å². The fourth-order valence-corrected chi connectivity index (χ4v) is 3.90. The lowest BCUT2D eigenvalue weighted by molar-refractivity contribution is -0.132. The summed E-state index contributed by atoms with van der Waals surface area (Å²) in [6.45, 7) is 3.71. The van der Waals surface area contributed by atoms with E-state index in [4.69, 9.17) is 4.74 Å². The van der Waals surface area contributed by atoms with E-state index in [2.05, 4.69) is 5.32 Å². The van der Waals surface area contributed by atoms with Gasteiger partial charge in [0, 0.05) is 51.9 Å². The molecule has 1 saturated heterocycles.